The van der Waals surface area contributed by atoms with Gasteiger partial charge in [-0.3, -0.25) is 0 Å². The van der Waals surface area contributed by atoms with Gasteiger partial charge in [0.25, 0.3) is 0 Å². The van der Waals surface area contributed by atoms with E-state index in [0.717, 1.165) is 12.0 Å². The lowest BCUT2D eigenvalue weighted by atomic mass is 10.2. The molecule has 0 saturated carbocycles. The first kappa shape index (κ1) is 10.7. The van der Waals surface area contributed by atoms with Gasteiger partial charge in [0, 0.05) is 12.4 Å². The third-order valence-corrected chi connectivity index (χ3v) is 2.25. The second-order valence-corrected chi connectivity index (χ2v) is 3.43. The average Bonchev–Trinajstić information content (AvgIpc) is 2.31. The summed E-state index contributed by atoms with van der Waals surface area (Å²) in [6.45, 7) is 0.558. The molecule has 0 unspecified atom stereocenters. The molecule has 4 heteroatoms. The Hall–Kier alpha value is -1.81. The van der Waals surface area contributed by atoms with E-state index in [1.807, 2.05) is 0 Å². The van der Waals surface area contributed by atoms with Gasteiger partial charge in [-0.15, -0.1) is 0 Å². The molecule has 0 bridgehead atoms. The molecule has 3 nitrogen and oxygen atoms in total. The molecule has 2 N–H and O–H groups in total. The Labute approximate surface area is 93.2 Å². The fourth-order valence-corrected chi connectivity index (χ4v) is 1.43. The van der Waals surface area contributed by atoms with Crippen LogP contribution in [0.15, 0.2) is 36.7 Å². The van der Waals surface area contributed by atoms with Gasteiger partial charge in [-0.05, 0) is 30.7 Å². The number of aromatic nitrogens is 2. The highest BCUT2D eigenvalue weighted by Gasteiger charge is 2.06. The molecule has 0 aliphatic rings. The van der Waals surface area contributed by atoms with E-state index in [1.54, 1.807) is 30.6 Å². The summed E-state index contributed by atoms with van der Waals surface area (Å²) in [7, 11) is 0. The Morgan fingerprint density at radius 3 is 2.44 bits per heavy atom. The van der Waals surface area contributed by atoms with Crippen molar-refractivity contribution in [1.82, 2.24) is 9.97 Å². The Kier molecular flexibility index (Phi) is 3.22. The van der Waals surface area contributed by atoms with Crippen LogP contribution in [0.1, 0.15) is 5.56 Å². The summed E-state index contributed by atoms with van der Waals surface area (Å²) in [5, 5.41) is 0. The molecule has 0 radical (unpaired) electrons. The molecule has 16 heavy (non-hydrogen) atoms. The molecular formula is C12H12FN3. The van der Waals surface area contributed by atoms with Crippen LogP contribution in [-0.2, 0) is 6.42 Å². The standard InChI is InChI=1S/C12H12FN3/c13-11-4-2-1-3-10(11)12-15-7-9(5-6-14)8-16-12/h1-4,7-8H,5-6,14H2. The molecule has 1 heterocycles. The topological polar surface area (TPSA) is 51.8 Å². The van der Waals surface area contributed by atoms with Crippen LogP contribution < -0.4 is 5.73 Å². The Morgan fingerprint density at radius 2 is 1.81 bits per heavy atom. The van der Waals surface area contributed by atoms with Crippen molar-refractivity contribution in [2.24, 2.45) is 5.73 Å². The summed E-state index contributed by atoms with van der Waals surface area (Å²) in [6, 6.07) is 6.46. The van der Waals surface area contributed by atoms with E-state index < -0.39 is 0 Å². The first-order chi connectivity index (χ1) is 7.81. The van der Waals surface area contributed by atoms with Crippen LogP contribution in [0.25, 0.3) is 11.4 Å². The molecular weight excluding hydrogens is 205 g/mol. The van der Waals surface area contributed by atoms with Crippen LogP contribution in [0.5, 0.6) is 0 Å². The highest BCUT2D eigenvalue weighted by atomic mass is 19.1. The first-order valence-corrected chi connectivity index (χ1v) is 5.07. The van der Waals surface area contributed by atoms with Gasteiger partial charge in [0.1, 0.15) is 5.82 Å². The predicted molar refractivity (Wildman–Crippen MR) is 60.2 cm³/mol. The van der Waals surface area contributed by atoms with Crippen LogP contribution in [0, 0.1) is 5.82 Å². The van der Waals surface area contributed by atoms with E-state index in [0.29, 0.717) is 17.9 Å². The van der Waals surface area contributed by atoms with E-state index in [9.17, 15) is 4.39 Å². The lowest BCUT2D eigenvalue weighted by molar-refractivity contribution is 0.630. The van der Waals surface area contributed by atoms with Crippen molar-refractivity contribution in [3.05, 3.63) is 48.0 Å². The number of rotatable bonds is 3. The lowest BCUT2D eigenvalue weighted by Gasteiger charge is -2.02. The van der Waals surface area contributed by atoms with Gasteiger partial charge in [0.05, 0.1) is 5.56 Å². The second-order valence-electron chi connectivity index (χ2n) is 3.43. The third kappa shape index (κ3) is 2.23. The van der Waals surface area contributed by atoms with Crippen molar-refractivity contribution in [2.75, 3.05) is 6.54 Å². The lowest BCUT2D eigenvalue weighted by Crippen LogP contribution is -2.04. The zero-order valence-corrected chi connectivity index (χ0v) is 8.73. The van der Waals surface area contributed by atoms with Crippen molar-refractivity contribution in [1.29, 1.82) is 0 Å². The number of nitrogens with two attached hydrogens (primary N) is 1. The molecule has 2 rings (SSSR count). The van der Waals surface area contributed by atoms with E-state index >= 15 is 0 Å². The summed E-state index contributed by atoms with van der Waals surface area (Å²) >= 11 is 0. The molecule has 0 aliphatic heterocycles. The van der Waals surface area contributed by atoms with Crippen molar-refractivity contribution >= 4 is 0 Å². The largest absolute Gasteiger partial charge is 0.330 e. The molecule has 82 valence electrons. The third-order valence-electron chi connectivity index (χ3n) is 2.25. The number of hydrogen-bond acceptors (Lipinski definition) is 3. The van der Waals surface area contributed by atoms with E-state index in [4.69, 9.17) is 5.73 Å². The fourth-order valence-electron chi connectivity index (χ4n) is 1.43. The summed E-state index contributed by atoms with van der Waals surface area (Å²) in [5.41, 5.74) is 6.80. The molecule has 1 aromatic heterocycles. The van der Waals surface area contributed by atoms with Crippen LogP contribution >= 0.6 is 0 Å². The van der Waals surface area contributed by atoms with Crippen molar-refractivity contribution in [3.63, 3.8) is 0 Å². The van der Waals surface area contributed by atoms with Gasteiger partial charge in [-0.25, -0.2) is 14.4 Å². The number of benzene rings is 1. The Morgan fingerprint density at radius 1 is 1.12 bits per heavy atom. The number of halogens is 1. The van der Waals surface area contributed by atoms with Gasteiger partial charge in [0.2, 0.25) is 0 Å². The average molecular weight is 217 g/mol. The highest BCUT2D eigenvalue weighted by molar-refractivity contribution is 5.55. The maximum atomic E-state index is 13.4. The first-order valence-electron chi connectivity index (χ1n) is 5.07. The van der Waals surface area contributed by atoms with Crippen LogP contribution in [-0.4, -0.2) is 16.5 Å². The monoisotopic (exact) mass is 217 g/mol. The van der Waals surface area contributed by atoms with Gasteiger partial charge < -0.3 is 5.73 Å². The zero-order chi connectivity index (χ0) is 11.4. The van der Waals surface area contributed by atoms with Crippen LogP contribution in [0.4, 0.5) is 4.39 Å². The Bertz CT molecular complexity index is 468. The maximum absolute atomic E-state index is 13.4. The molecule has 0 aliphatic carbocycles. The van der Waals surface area contributed by atoms with Gasteiger partial charge >= 0.3 is 0 Å². The molecule has 0 saturated heterocycles. The fraction of sp³-hybridized carbons (Fsp3) is 0.167. The summed E-state index contributed by atoms with van der Waals surface area (Å²) in [6.07, 6.45) is 4.10. The van der Waals surface area contributed by atoms with Crippen molar-refractivity contribution < 1.29 is 4.39 Å². The van der Waals surface area contributed by atoms with E-state index in [2.05, 4.69) is 9.97 Å². The van der Waals surface area contributed by atoms with Crippen LogP contribution in [0.3, 0.4) is 0 Å². The zero-order valence-electron chi connectivity index (χ0n) is 8.73. The maximum Gasteiger partial charge on any atom is 0.162 e. The minimum Gasteiger partial charge on any atom is -0.330 e. The molecule has 0 spiro atoms. The summed E-state index contributed by atoms with van der Waals surface area (Å²) in [5.74, 6) is 0.0907. The number of nitrogens with zero attached hydrogens (tertiary/aromatic N) is 2. The minimum atomic E-state index is -0.311. The molecule has 0 fully saturated rings. The minimum absolute atomic E-state index is 0.311. The summed E-state index contributed by atoms with van der Waals surface area (Å²) < 4.78 is 13.4. The van der Waals surface area contributed by atoms with E-state index in [-0.39, 0.29) is 5.82 Å². The SMILES string of the molecule is NCCc1cnc(-c2ccccc2F)nc1. The van der Waals surface area contributed by atoms with Crippen molar-refractivity contribution in [2.45, 2.75) is 6.42 Å². The Balaban J connectivity index is 2.31. The normalized spacial score (nSPS) is 10.4. The number of hydrogen-bond donors (Lipinski definition) is 1. The predicted octanol–water partition coefficient (Wildman–Crippen LogP) is 1.78. The highest BCUT2D eigenvalue weighted by Crippen LogP contribution is 2.17. The smallest absolute Gasteiger partial charge is 0.162 e. The quantitative estimate of drug-likeness (QED) is 0.852. The second kappa shape index (κ2) is 4.81. The van der Waals surface area contributed by atoms with Gasteiger partial charge in [-0.1, -0.05) is 12.1 Å². The summed E-state index contributed by atoms with van der Waals surface area (Å²) in [4.78, 5) is 8.24. The van der Waals surface area contributed by atoms with Crippen LogP contribution in [0.2, 0.25) is 0 Å². The van der Waals surface area contributed by atoms with Gasteiger partial charge in [0.15, 0.2) is 5.82 Å². The molecule has 0 atom stereocenters. The molecule has 0 amide bonds. The van der Waals surface area contributed by atoms with Gasteiger partial charge in [-0.2, -0.15) is 0 Å². The van der Waals surface area contributed by atoms with E-state index in [1.165, 1.54) is 6.07 Å². The van der Waals surface area contributed by atoms with Crippen molar-refractivity contribution in [3.8, 4) is 11.4 Å². The molecule has 2 aromatic rings. The molecule has 1 aromatic carbocycles.